The van der Waals surface area contributed by atoms with Crippen LogP contribution in [0, 0.1) is 0 Å². The molecule has 1 fully saturated rings. The fraction of sp³-hybridized carbons (Fsp3) is 0.421. The lowest BCUT2D eigenvalue weighted by Crippen LogP contribution is -2.42. The number of amides is 1. The zero-order valence-electron chi connectivity index (χ0n) is 14.4. The third kappa shape index (κ3) is 4.58. The van der Waals surface area contributed by atoms with Crippen LogP contribution in [0.5, 0.6) is 0 Å². The van der Waals surface area contributed by atoms with Crippen LogP contribution in [-0.4, -0.2) is 49.9 Å². The van der Waals surface area contributed by atoms with Crippen LogP contribution in [0.15, 0.2) is 42.5 Å². The Bertz CT molecular complexity index is 859. The summed E-state index contributed by atoms with van der Waals surface area (Å²) >= 11 is 0. The molecule has 0 spiro atoms. The van der Waals surface area contributed by atoms with Crippen LogP contribution < -0.4 is 5.32 Å². The van der Waals surface area contributed by atoms with Crippen molar-refractivity contribution in [1.29, 1.82) is 0 Å². The van der Waals surface area contributed by atoms with E-state index in [2.05, 4.69) is 34.5 Å². The maximum absolute atomic E-state index is 12.3. The first kappa shape index (κ1) is 17.9. The number of carbonyl (C=O) groups excluding carboxylic acids is 1. The van der Waals surface area contributed by atoms with Gasteiger partial charge in [-0.05, 0) is 29.3 Å². The molecule has 25 heavy (non-hydrogen) atoms. The van der Waals surface area contributed by atoms with Crippen LogP contribution >= 0.6 is 0 Å². The highest BCUT2D eigenvalue weighted by Gasteiger charge is 2.29. The molecule has 0 unspecified atom stereocenters. The van der Waals surface area contributed by atoms with Crippen molar-refractivity contribution in [3.63, 3.8) is 0 Å². The number of likely N-dealkylation sites (N-methyl/N-ethyl adjacent to an activating group) is 1. The molecule has 0 saturated carbocycles. The summed E-state index contributed by atoms with van der Waals surface area (Å²) in [6.07, 6.45) is 0.517. The van der Waals surface area contributed by atoms with Gasteiger partial charge in [-0.15, -0.1) is 0 Å². The van der Waals surface area contributed by atoms with Gasteiger partial charge in [-0.1, -0.05) is 49.4 Å². The van der Waals surface area contributed by atoms with Gasteiger partial charge in [-0.2, -0.15) is 0 Å². The van der Waals surface area contributed by atoms with Crippen molar-refractivity contribution < 1.29 is 13.2 Å². The van der Waals surface area contributed by atoms with E-state index in [1.165, 1.54) is 16.3 Å². The standard InChI is InChI=1S/C19H24N2O3S/c1-2-21(13-19(22)20-17-10-11-25(23,24)14-17)12-16-8-5-7-15-6-3-4-9-18(15)16/h3-9,17H,2,10-14H2,1H3,(H,20,22)/t17-/m1/s1. The van der Waals surface area contributed by atoms with Crippen LogP contribution in [0.2, 0.25) is 0 Å². The molecule has 1 aliphatic heterocycles. The van der Waals surface area contributed by atoms with E-state index < -0.39 is 9.84 Å². The Labute approximate surface area is 148 Å². The number of fused-ring (bicyclic) bond motifs is 1. The average Bonchev–Trinajstić information content (AvgIpc) is 2.93. The third-order valence-corrected chi connectivity index (χ3v) is 6.45. The molecule has 1 amide bonds. The highest BCUT2D eigenvalue weighted by Crippen LogP contribution is 2.20. The lowest BCUT2D eigenvalue weighted by Gasteiger charge is -2.22. The second-order valence-corrected chi connectivity index (χ2v) is 8.84. The molecule has 134 valence electrons. The summed E-state index contributed by atoms with van der Waals surface area (Å²) in [7, 11) is -2.98. The van der Waals surface area contributed by atoms with Crippen molar-refractivity contribution in [2.45, 2.75) is 25.9 Å². The molecule has 0 aromatic heterocycles. The minimum absolute atomic E-state index is 0.0637. The quantitative estimate of drug-likeness (QED) is 0.855. The van der Waals surface area contributed by atoms with E-state index in [-0.39, 0.29) is 30.0 Å². The summed E-state index contributed by atoms with van der Waals surface area (Å²) in [6, 6.07) is 14.2. The molecule has 3 rings (SSSR count). The Morgan fingerprint density at radius 1 is 1.20 bits per heavy atom. The van der Waals surface area contributed by atoms with Crippen molar-refractivity contribution in [3.05, 3.63) is 48.0 Å². The molecule has 0 bridgehead atoms. The molecular weight excluding hydrogens is 336 g/mol. The number of nitrogens with zero attached hydrogens (tertiary/aromatic N) is 1. The Morgan fingerprint density at radius 2 is 1.96 bits per heavy atom. The monoisotopic (exact) mass is 360 g/mol. The van der Waals surface area contributed by atoms with Crippen LogP contribution in [0.3, 0.4) is 0 Å². The van der Waals surface area contributed by atoms with Gasteiger partial charge in [-0.3, -0.25) is 9.69 Å². The fourth-order valence-electron chi connectivity index (χ4n) is 3.34. The van der Waals surface area contributed by atoms with E-state index in [0.717, 1.165) is 6.54 Å². The minimum atomic E-state index is -2.98. The topological polar surface area (TPSA) is 66.5 Å². The molecule has 1 aliphatic rings. The summed E-state index contributed by atoms with van der Waals surface area (Å²) in [5.41, 5.74) is 1.19. The summed E-state index contributed by atoms with van der Waals surface area (Å²) < 4.78 is 23.0. The van der Waals surface area contributed by atoms with E-state index in [9.17, 15) is 13.2 Å². The average molecular weight is 360 g/mol. The largest absolute Gasteiger partial charge is 0.351 e. The lowest BCUT2D eigenvalue weighted by molar-refractivity contribution is -0.122. The van der Waals surface area contributed by atoms with E-state index in [0.29, 0.717) is 13.0 Å². The summed E-state index contributed by atoms with van der Waals surface area (Å²) in [5.74, 6) is 0.129. The van der Waals surface area contributed by atoms with Gasteiger partial charge in [0.2, 0.25) is 5.91 Å². The highest BCUT2D eigenvalue weighted by atomic mass is 32.2. The van der Waals surface area contributed by atoms with Crippen molar-refractivity contribution >= 4 is 26.5 Å². The van der Waals surface area contributed by atoms with Gasteiger partial charge in [0, 0.05) is 12.6 Å². The molecule has 2 aromatic carbocycles. The second kappa shape index (κ2) is 7.54. The molecule has 0 radical (unpaired) electrons. The number of carbonyl (C=O) groups is 1. The van der Waals surface area contributed by atoms with Crippen LogP contribution in [0.4, 0.5) is 0 Å². The number of rotatable bonds is 6. The molecule has 1 atom stereocenters. The summed E-state index contributed by atoms with van der Waals surface area (Å²) in [6.45, 7) is 3.74. The number of hydrogen-bond acceptors (Lipinski definition) is 4. The number of benzene rings is 2. The predicted octanol–water partition coefficient (Wildman–Crippen LogP) is 1.97. The maximum atomic E-state index is 12.3. The Balaban J connectivity index is 1.63. The smallest absolute Gasteiger partial charge is 0.234 e. The first-order valence-corrected chi connectivity index (χ1v) is 10.5. The van der Waals surface area contributed by atoms with Gasteiger partial charge >= 0.3 is 0 Å². The van der Waals surface area contributed by atoms with E-state index in [1.807, 2.05) is 25.1 Å². The molecule has 1 saturated heterocycles. The first-order chi connectivity index (χ1) is 12.0. The minimum Gasteiger partial charge on any atom is -0.351 e. The number of sulfone groups is 1. The van der Waals surface area contributed by atoms with Gasteiger partial charge < -0.3 is 5.32 Å². The number of nitrogens with one attached hydrogen (secondary N) is 1. The predicted molar refractivity (Wildman–Crippen MR) is 100 cm³/mol. The van der Waals surface area contributed by atoms with E-state index in [4.69, 9.17) is 0 Å². The van der Waals surface area contributed by atoms with E-state index in [1.54, 1.807) is 0 Å². The Kier molecular flexibility index (Phi) is 5.39. The van der Waals surface area contributed by atoms with Gasteiger partial charge in [0.1, 0.15) is 0 Å². The molecular formula is C19H24N2O3S. The van der Waals surface area contributed by atoms with Crippen molar-refractivity contribution in [2.24, 2.45) is 0 Å². The Hall–Kier alpha value is -1.92. The molecule has 1 N–H and O–H groups in total. The molecule has 1 heterocycles. The maximum Gasteiger partial charge on any atom is 0.234 e. The molecule has 6 heteroatoms. The molecule has 5 nitrogen and oxygen atoms in total. The van der Waals surface area contributed by atoms with E-state index >= 15 is 0 Å². The highest BCUT2D eigenvalue weighted by molar-refractivity contribution is 7.91. The second-order valence-electron chi connectivity index (χ2n) is 6.61. The lowest BCUT2D eigenvalue weighted by atomic mass is 10.0. The third-order valence-electron chi connectivity index (χ3n) is 4.69. The van der Waals surface area contributed by atoms with Crippen molar-refractivity contribution in [1.82, 2.24) is 10.2 Å². The normalized spacial score (nSPS) is 19.4. The first-order valence-electron chi connectivity index (χ1n) is 8.65. The molecule has 0 aliphatic carbocycles. The van der Waals surface area contributed by atoms with Crippen molar-refractivity contribution in [2.75, 3.05) is 24.6 Å². The zero-order chi connectivity index (χ0) is 17.9. The van der Waals surface area contributed by atoms with Gasteiger partial charge in [-0.25, -0.2) is 8.42 Å². The van der Waals surface area contributed by atoms with Crippen LogP contribution in [-0.2, 0) is 21.2 Å². The van der Waals surface area contributed by atoms with Crippen molar-refractivity contribution in [3.8, 4) is 0 Å². The van der Waals surface area contributed by atoms with Gasteiger partial charge in [0.25, 0.3) is 0 Å². The summed E-state index contributed by atoms with van der Waals surface area (Å²) in [4.78, 5) is 14.4. The molecule has 2 aromatic rings. The fourth-order valence-corrected chi connectivity index (χ4v) is 5.01. The van der Waals surface area contributed by atoms with Crippen LogP contribution in [0.25, 0.3) is 10.8 Å². The summed E-state index contributed by atoms with van der Waals surface area (Å²) in [5, 5.41) is 5.25. The van der Waals surface area contributed by atoms with Crippen LogP contribution in [0.1, 0.15) is 18.9 Å². The van der Waals surface area contributed by atoms with Gasteiger partial charge in [0.15, 0.2) is 9.84 Å². The van der Waals surface area contributed by atoms with Gasteiger partial charge in [0.05, 0.1) is 18.1 Å². The number of hydrogen-bond donors (Lipinski definition) is 1. The SMILES string of the molecule is CCN(CC(=O)N[C@@H]1CCS(=O)(=O)C1)Cc1cccc2ccccc12. The zero-order valence-corrected chi connectivity index (χ0v) is 15.3. The Morgan fingerprint density at radius 3 is 2.68 bits per heavy atom.